The lowest BCUT2D eigenvalue weighted by Crippen LogP contribution is -1.93. The van der Waals surface area contributed by atoms with Crippen LogP contribution >= 0.6 is 12.9 Å². The third-order valence-electron chi connectivity index (χ3n) is 2.43. The summed E-state index contributed by atoms with van der Waals surface area (Å²) in [5.41, 5.74) is 8.68. The molecule has 0 unspecified atom stereocenters. The molecule has 0 radical (unpaired) electrons. The molecule has 0 aromatic heterocycles. The van der Waals surface area contributed by atoms with Gasteiger partial charge in [-0.15, -0.1) is 0 Å². The second-order valence-corrected chi connectivity index (χ2v) is 3.55. The highest BCUT2D eigenvalue weighted by Gasteiger charge is 2.05. The SMILES string of the molecule is Cc1cc(F)c(N)cc1-c1ccccc1.OS. The number of aryl methyl sites for hydroxylation is 1. The topological polar surface area (TPSA) is 46.2 Å². The van der Waals surface area contributed by atoms with Gasteiger partial charge >= 0.3 is 0 Å². The van der Waals surface area contributed by atoms with Crippen LogP contribution in [0.3, 0.4) is 0 Å². The van der Waals surface area contributed by atoms with Crippen molar-refractivity contribution in [3.05, 3.63) is 53.8 Å². The molecule has 0 aliphatic carbocycles. The van der Waals surface area contributed by atoms with Gasteiger partial charge < -0.3 is 10.3 Å². The molecule has 0 saturated carbocycles. The first-order valence-electron chi connectivity index (χ1n) is 4.99. The Morgan fingerprint density at radius 3 is 2.29 bits per heavy atom. The quantitative estimate of drug-likeness (QED) is 0.410. The van der Waals surface area contributed by atoms with Crippen molar-refractivity contribution in [2.45, 2.75) is 6.92 Å². The predicted octanol–water partition coefficient (Wildman–Crippen LogP) is 3.77. The van der Waals surface area contributed by atoms with Crippen LogP contribution in [0, 0.1) is 12.7 Å². The van der Waals surface area contributed by atoms with Gasteiger partial charge in [-0.3, -0.25) is 0 Å². The zero-order valence-electron chi connectivity index (χ0n) is 9.39. The molecular weight excluding hydrogens is 237 g/mol. The van der Waals surface area contributed by atoms with Crippen molar-refractivity contribution in [3.8, 4) is 11.1 Å². The van der Waals surface area contributed by atoms with E-state index < -0.39 is 0 Å². The second kappa shape index (κ2) is 6.27. The van der Waals surface area contributed by atoms with Crippen molar-refractivity contribution < 1.29 is 8.94 Å². The molecule has 4 heteroatoms. The van der Waals surface area contributed by atoms with E-state index in [-0.39, 0.29) is 11.5 Å². The Bertz CT molecular complexity index is 488. The molecule has 90 valence electrons. The van der Waals surface area contributed by atoms with Gasteiger partial charge in [0.1, 0.15) is 5.82 Å². The van der Waals surface area contributed by atoms with E-state index in [1.165, 1.54) is 6.07 Å². The summed E-state index contributed by atoms with van der Waals surface area (Å²) in [7, 11) is 0. The van der Waals surface area contributed by atoms with Crippen molar-refractivity contribution in [1.29, 1.82) is 0 Å². The minimum Gasteiger partial charge on any atom is -0.396 e. The van der Waals surface area contributed by atoms with Crippen LogP contribution in [-0.2, 0) is 0 Å². The fourth-order valence-electron chi connectivity index (χ4n) is 1.62. The zero-order valence-corrected chi connectivity index (χ0v) is 10.3. The summed E-state index contributed by atoms with van der Waals surface area (Å²) >= 11 is 2.53. The molecule has 0 heterocycles. The monoisotopic (exact) mass is 251 g/mol. The van der Waals surface area contributed by atoms with Crippen LogP contribution in [0.15, 0.2) is 42.5 Å². The molecule has 2 nitrogen and oxygen atoms in total. The summed E-state index contributed by atoms with van der Waals surface area (Å²) in [4.78, 5) is 0. The average molecular weight is 251 g/mol. The number of halogens is 1. The fraction of sp³-hybridized carbons (Fsp3) is 0.0769. The molecule has 0 bridgehead atoms. The van der Waals surface area contributed by atoms with Crippen molar-refractivity contribution in [2.24, 2.45) is 0 Å². The van der Waals surface area contributed by atoms with Crippen LogP contribution in [0.1, 0.15) is 5.56 Å². The van der Waals surface area contributed by atoms with Gasteiger partial charge in [0, 0.05) is 0 Å². The maximum atomic E-state index is 13.2. The lowest BCUT2D eigenvalue weighted by Gasteiger charge is -2.07. The molecule has 3 N–H and O–H groups in total. The van der Waals surface area contributed by atoms with Gasteiger partial charge in [-0.1, -0.05) is 30.3 Å². The molecule has 2 rings (SSSR count). The number of rotatable bonds is 1. The van der Waals surface area contributed by atoms with Crippen molar-refractivity contribution >= 4 is 18.6 Å². The van der Waals surface area contributed by atoms with Crippen molar-refractivity contribution in [3.63, 3.8) is 0 Å². The summed E-state index contributed by atoms with van der Waals surface area (Å²) in [5, 5.41) is 0. The van der Waals surface area contributed by atoms with Crippen LogP contribution in [0.25, 0.3) is 11.1 Å². The van der Waals surface area contributed by atoms with E-state index in [0.717, 1.165) is 16.7 Å². The van der Waals surface area contributed by atoms with Gasteiger partial charge in [-0.05, 0) is 48.7 Å². The van der Waals surface area contributed by atoms with E-state index in [2.05, 4.69) is 12.9 Å². The molecule has 0 saturated heterocycles. The zero-order chi connectivity index (χ0) is 12.8. The van der Waals surface area contributed by atoms with Gasteiger partial charge in [0.15, 0.2) is 0 Å². The third kappa shape index (κ3) is 3.22. The summed E-state index contributed by atoms with van der Waals surface area (Å²) in [5.74, 6) is -0.354. The van der Waals surface area contributed by atoms with Gasteiger partial charge in [0.2, 0.25) is 0 Å². The number of nitrogens with two attached hydrogens (primary N) is 1. The van der Waals surface area contributed by atoms with Gasteiger partial charge in [-0.25, -0.2) is 4.39 Å². The Hall–Kier alpha value is -1.52. The molecule has 0 fully saturated rings. The van der Waals surface area contributed by atoms with E-state index in [1.54, 1.807) is 6.07 Å². The Kier molecular flexibility index (Phi) is 5.00. The molecule has 0 atom stereocenters. The first-order valence-corrected chi connectivity index (χ1v) is 5.39. The smallest absolute Gasteiger partial charge is 0.146 e. The van der Waals surface area contributed by atoms with Gasteiger partial charge in [-0.2, -0.15) is 0 Å². The largest absolute Gasteiger partial charge is 0.396 e. The molecule has 0 aliphatic heterocycles. The maximum absolute atomic E-state index is 13.2. The molecular formula is C13H14FNOS. The van der Waals surface area contributed by atoms with Crippen molar-refractivity contribution in [2.75, 3.05) is 5.73 Å². The first-order chi connectivity index (χ1) is 8.18. The summed E-state index contributed by atoms with van der Waals surface area (Å²) in [6, 6.07) is 13.0. The standard InChI is InChI=1S/C13H12FN.H2OS/c1-9-7-12(14)13(15)8-11(9)10-5-3-2-4-6-10;1-2/h2-8H,15H2,1H3;1-2H. The van der Waals surface area contributed by atoms with Gasteiger partial charge in [0.25, 0.3) is 0 Å². The maximum Gasteiger partial charge on any atom is 0.146 e. The summed E-state index contributed by atoms with van der Waals surface area (Å²) < 4.78 is 19.8. The van der Waals surface area contributed by atoms with Crippen LogP contribution in [0.2, 0.25) is 0 Å². The second-order valence-electron chi connectivity index (χ2n) is 3.55. The van der Waals surface area contributed by atoms with Crippen LogP contribution in [0.4, 0.5) is 10.1 Å². The molecule has 2 aromatic rings. The molecule has 0 aliphatic rings. The van der Waals surface area contributed by atoms with Crippen molar-refractivity contribution in [1.82, 2.24) is 0 Å². The number of thiol groups is 1. The number of anilines is 1. The molecule has 0 spiro atoms. The van der Waals surface area contributed by atoms with E-state index in [0.29, 0.717) is 0 Å². The molecule has 0 amide bonds. The van der Waals surface area contributed by atoms with Crippen LogP contribution in [0.5, 0.6) is 0 Å². The highest BCUT2D eigenvalue weighted by Crippen LogP contribution is 2.26. The molecule has 17 heavy (non-hydrogen) atoms. The number of hydrogen-bond acceptors (Lipinski definition) is 3. The third-order valence-corrected chi connectivity index (χ3v) is 2.43. The summed E-state index contributed by atoms with van der Waals surface area (Å²) in [6.45, 7) is 1.88. The number of nitrogen functional groups attached to an aromatic ring is 1. The average Bonchev–Trinajstić information content (AvgIpc) is 2.37. The minimum absolute atomic E-state index is 0.194. The van der Waals surface area contributed by atoms with Crippen LogP contribution < -0.4 is 5.73 Å². The highest BCUT2D eigenvalue weighted by atomic mass is 32.1. The Balaban J connectivity index is 0.000000686. The summed E-state index contributed by atoms with van der Waals surface area (Å²) in [6.07, 6.45) is 0. The fourth-order valence-corrected chi connectivity index (χ4v) is 1.62. The Morgan fingerprint density at radius 2 is 1.71 bits per heavy atom. The lowest BCUT2D eigenvalue weighted by molar-refractivity contribution is 0.631. The van der Waals surface area contributed by atoms with E-state index in [1.807, 2.05) is 37.3 Å². The van der Waals surface area contributed by atoms with E-state index >= 15 is 0 Å². The van der Waals surface area contributed by atoms with Crippen LogP contribution in [-0.4, -0.2) is 4.55 Å². The molecule has 2 aromatic carbocycles. The normalized spacial score (nSPS) is 9.41. The Morgan fingerprint density at radius 1 is 1.12 bits per heavy atom. The van der Waals surface area contributed by atoms with E-state index in [4.69, 9.17) is 10.3 Å². The lowest BCUT2D eigenvalue weighted by atomic mass is 10.00. The minimum atomic E-state index is -0.354. The number of benzene rings is 2. The van der Waals surface area contributed by atoms with Gasteiger partial charge in [0.05, 0.1) is 5.69 Å². The number of hydrogen-bond donors (Lipinski definition) is 3. The first kappa shape index (κ1) is 13.5. The highest BCUT2D eigenvalue weighted by molar-refractivity contribution is 7.74. The van der Waals surface area contributed by atoms with E-state index in [9.17, 15) is 4.39 Å². The predicted molar refractivity (Wildman–Crippen MR) is 72.6 cm³/mol. The Labute approximate surface area is 106 Å².